The number of ether oxygens (including phenoxy) is 1. The summed E-state index contributed by atoms with van der Waals surface area (Å²) in [6.07, 6.45) is 0.316. The van der Waals surface area contributed by atoms with Crippen molar-refractivity contribution in [2.75, 3.05) is 26.7 Å². The number of methoxy groups -OCH3 is 1. The SMILES string of the molecule is CCC(OC)C(=O)N1CCNCC1c1cccc(Cl)c1.Cl. The Hall–Kier alpha value is -0.810. The molecule has 0 spiro atoms. The highest BCUT2D eigenvalue weighted by molar-refractivity contribution is 6.30. The summed E-state index contributed by atoms with van der Waals surface area (Å²) in [5.41, 5.74) is 1.06. The molecule has 1 saturated heterocycles. The highest BCUT2D eigenvalue weighted by Gasteiger charge is 2.31. The Morgan fingerprint density at radius 2 is 2.33 bits per heavy atom. The minimum atomic E-state index is -0.366. The van der Waals surface area contributed by atoms with Crippen LogP contribution in [0.5, 0.6) is 0 Å². The van der Waals surface area contributed by atoms with E-state index in [-0.39, 0.29) is 30.5 Å². The van der Waals surface area contributed by atoms with Gasteiger partial charge in [0, 0.05) is 31.8 Å². The summed E-state index contributed by atoms with van der Waals surface area (Å²) >= 11 is 6.06. The van der Waals surface area contributed by atoms with Gasteiger partial charge in [0.15, 0.2) is 0 Å². The second-order valence-electron chi connectivity index (χ2n) is 4.94. The fraction of sp³-hybridized carbons (Fsp3) is 0.533. The Morgan fingerprint density at radius 3 is 2.95 bits per heavy atom. The molecule has 1 aliphatic heterocycles. The lowest BCUT2D eigenvalue weighted by atomic mass is 10.0. The Labute approximate surface area is 137 Å². The predicted octanol–water partition coefficient (Wildman–Crippen LogP) is 2.66. The molecule has 6 heteroatoms. The van der Waals surface area contributed by atoms with Gasteiger partial charge in [0.1, 0.15) is 6.10 Å². The van der Waals surface area contributed by atoms with Crippen molar-refractivity contribution in [3.8, 4) is 0 Å². The molecule has 1 aromatic rings. The first-order chi connectivity index (χ1) is 9.67. The van der Waals surface area contributed by atoms with Gasteiger partial charge >= 0.3 is 0 Å². The first-order valence-electron chi connectivity index (χ1n) is 6.96. The maximum absolute atomic E-state index is 12.6. The molecular weight excluding hydrogens is 311 g/mol. The zero-order valence-corrected chi connectivity index (χ0v) is 13.9. The van der Waals surface area contributed by atoms with Crippen molar-refractivity contribution in [2.45, 2.75) is 25.5 Å². The van der Waals surface area contributed by atoms with Crippen molar-refractivity contribution in [2.24, 2.45) is 0 Å². The van der Waals surface area contributed by atoms with E-state index in [0.717, 1.165) is 18.7 Å². The van der Waals surface area contributed by atoms with Crippen LogP contribution in [0.1, 0.15) is 24.9 Å². The van der Waals surface area contributed by atoms with Gasteiger partial charge in [-0.25, -0.2) is 0 Å². The van der Waals surface area contributed by atoms with Gasteiger partial charge in [0.05, 0.1) is 6.04 Å². The first kappa shape index (κ1) is 18.2. The average molecular weight is 333 g/mol. The number of piperazine rings is 1. The fourth-order valence-corrected chi connectivity index (χ4v) is 2.81. The summed E-state index contributed by atoms with van der Waals surface area (Å²) in [5.74, 6) is 0.0569. The van der Waals surface area contributed by atoms with Crippen LogP contribution >= 0.6 is 24.0 Å². The lowest BCUT2D eigenvalue weighted by Gasteiger charge is -2.38. The van der Waals surface area contributed by atoms with E-state index < -0.39 is 0 Å². The topological polar surface area (TPSA) is 41.6 Å². The summed E-state index contributed by atoms with van der Waals surface area (Å²) in [5, 5.41) is 4.03. The van der Waals surface area contributed by atoms with Crippen molar-refractivity contribution < 1.29 is 9.53 Å². The number of carbonyl (C=O) groups excluding carboxylic acids is 1. The van der Waals surface area contributed by atoms with Crippen LogP contribution in [0.2, 0.25) is 5.02 Å². The van der Waals surface area contributed by atoms with Crippen LogP contribution in [0, 0.1) is 0 Å². The van der Waals surface area contributed by atoms with E-state index in [9.17, 15) is 4.79 Å². The zero-order valence-electron chi connectivity index (χ0n) is 12.3. The van der Waals surface area contributed by atoms with Crippen molar-refractivity contribution >= 4 is 29.9 Å². The van der Waals surface area contributed by atoms with Crippen LogP contribution in [-0.2, 0) is 9.53 Å². The van der Waals surface area contributed by atoms with Crippen LogP contribution in [0.4, 0.5) is 0 Å². The number of nitrogens with zero attached hydrogens (tertiary/aromatic N) is 1. The van der Waals surface area contributed by atoms with Crippen LogP contribution in [-0.4, -0.2) is 43.7 Å². The van der Waals surface area contributed by atoms with E-state index in [1.807, 2.05) is 36.1 Å². The van der Waals surface area contributed by atoms with E-state index in [0.29, 0.717) is 18.0 Å². The summed E-state index contributed by atoms with van der Waals surface area (Å²) in [6, 6.07) is 7.71. The molecular formula is C15H22Cl2N2O2. The van der Waals surface area contributed by atoms with Gasteiger partial charge in [0.25, 0.3) is 5.91 Å². The number of carbonyl (C=O) groups is 1. The molecule has 2 atom stereocenters. The molecule has 1 aliphatic rings. The van der Waals surface area contributed by atoms with Gasteiger partial charge in [0.2, 0.25) is 0 Å². The second-order valence-corrected chi connectivity index (χ2v) is 5.38. The zero-order chi connectivity index (χ0) is 14.5. The highest BCUT2D eigenvalue weighted by atomic mass is 35.5. The third kappa shape index (κ3) is 4.33. The number of benzene rings is 1. The van der Waals surface area contributed by atoms with E-state index in [1.54, 1.807) is 7.11 Å². The lowest BCUT2D eigenvalue weighted by Crippen LogP contribution is -2.51. The van der Waals surface area contributed by atoms with Crippen LogP contribution in [0.15, 0.2) is 24.3 Å². The Kier molecular flexibility index (Phi) is 7.46. The molecule has 0 aliphatic carbocycles. The first-order valence-corrected chi connectivity index (χ1v) is 7.34. The van der Waals surface area contributed by atoms with Crippen LogP contribution < -0.4 is 5.32 Å². The number of nitrogens with one attached hydrogen (secondary N) is 1. The van der Waals surface area contributed by atoms with E-state index >= 15 is 0 Å². The molecule has 1 amide bonds. The van der Waals surface area contributed by atoms with Gasteiger partial charge < -0.3 is 15.0 Å². The normalized spacial score (nSPS) is 19.8. The van der Waals surface area contributed by atoms with Gasteiger partial charge in [-0.1, -0.05) is 30.7 Å². The largest absolute Gasteiger partial charge is 0.372 e. The van der Waals surface area contributed by atoms with E-state index in [1.165, 1.54) is 0 Å². The summed E-state index contributed by atoms with van der Waals surface area (Å²) in [6.45, 7) is 4.20. The summed E-state index contributed by atoms with van der Waals surface area (Å²) in [4.78, 5) is 14.5. The maximum Gasteiger partial charge on any atom is 0.252 e. The van der Waals surface area contributed by atoms with E-state index in [2.05, 4.69) is 5.32 Å². The Bertz CT molecular complexity index is 467. The molecule has 2 rings (SSSR count). The minimum absolute atomic E-state index is 0. The van der Waals surface area contributed by atoms with Gasteiger partial charge in [-0.2, -0.15) is 0 Å². The third-order valence-corrected chi connectivity index (χ3v) is 3.93. The quantitative estimate of drug-likeness (QED) is 0.921. The third-order valence-electron chi connectivity index (χ3n) is 3.69. The predicted molar refractivity (Wildman–Crippen MR) is 87.1 cm³/mol. The van der Waals surface area contributed by atoms with Crippen LogP contribution in [0.3, 0.4) is 0 Å². The molecule has 0 bridgehead atoms. The second kappa shape index (κ2) is 8.59. The molecule has 1 aromatic carbocycles. The average Bonchev–Trinajstić information content (AvgIpc) is 2.48. The maximum atomic E-state index is 12.6. The van der Waals surface area contributed by atoms with Crippen molar-refractivity contribution in [3.05, 3.63) is 34.9 Å². The summed E-state index contributed by atoms with van der Waals surface area (Å²) < 4.78 is 5.28. The molecule has 1 N–H and O–H groups in total. The highest BCUT2D eigenvalue weighted by Crippen LogP contribution is 2.25. The monoisotopic (exact) mass is 332 g/mol. The standard InChI is InChI=1S/C15H21ClN2O2.ClH/c1-3-14(20-2)15(19)18-8-7-17-10-13(18)11-5-4-6-12(16)9-11;/h4-6,9,13-14,17H,3,7-8,10H2,1-2H3;1H. The summed E-state index contributed by atoms with van der Waals surface area (Å²) in [7, 11) is 1.59. The van der Waals surface area contributed by atoms with Crippen LogP contribution in [0.25, 0.3) is 0 Å². The molecule has 4 nitrogen and oxygen atoms in total. The van der Waals surface area contributed by atoms with Gasteiger partial charge in [-0.05, 0) is 24.1 Å². The molecule has 118 valence electrons. The number of amides is 1. The lowest BCUT2D eigenvalue weighted by molar-refractivity contribution is -0.145. The fourth-order valence-electron chi connectivity index (χ4n) is 2.61. The van der Waals surface area contributed by atoms with Crippen molar-refractivity contribution in [1.29, 1.82) is 0 Å². The number of hydrogen-bond acceptors (Lipinski definition) is 3. The Balaban J connectivity index is 0.00000220. The number of rotatable bonds is 4. The molecule has 1 heterocycles. The van der Waals surface area contributed by atoms with E-state index in [4.69, 9.17) is 16.3 Å². The molecule has 2 unspecified atom stereocenters. The smallest absolute Gasteiger partial charge is 0.252 e. The number of hydrogen-bond donors (Lipinski definition) is 1. The van der Waals surface area contributed by atoms with Crippen molar-refractivity contribution in [3.63, 3.8) is 0 Å². The Morgan fingerprint density at radius 1 is 1.57 bits per heavy atom. The molecule has 0 radical (unpaired) electrons. The van der Waals surface area contributed by atoms with Gasteiger partial charge in [-0.15, -0.1) is 12.4 Å². The molecule has 0 aromatic heterocycles. The van der Waals surface area contributed by atoms with Crippen molar-refractivity contribution in [1.82, 2.24) is 10.2 Å². The molecule has 1 fully saturated rings. The minimum Gasteiger partial charge on any atom is -0.372 e. The molecule has 0 saturated carbocycles. The number of halogens is 2. The molecule has 21 heavy (non-hydrogen) atoms. The van der Waals surface area contributed by atoms with Gasteiger partial charge in [-0.3, -0.25) is 4.79 Å².